The van der Waals surface area contributed by atoms with E-state index in [2.05, 4.69) is 6.07 Å². The Hall–Kier alpha value is -6.70. The van der Waals surface area contributed by atoms with Crippen LogP contribution in [-0.2, 0) is 0 Å². The number of fused-ring (bicyclic) bond motifs is 9. The lowest BCUT2D eigenvalue weighted by Gasteiger charge is -2.19. The molecule has 10 aromatic carbocycles. The van der Waals surface area contributed by atoms with Gasteiger partial charge in [-0.1, -0.05) is 157 Å². The van der Waals surface area contributed by atoms with Crippen molar-refractivity contribution in [3.63, 3.8) is 0 Å². The summed E-state index contributed by atoms with van der Waals surface area (Å²) in [6.07, 6.45) is 0. The van der Waals surface area contributed by atoms with Crippen molar-refractivity contribution in [3.8, 4) is 33.4 Å². The van der Waals surface area contributed by atoms with Crippen LogP contribution in [0.15, 0.2) is 186 Å². The highest BCUT2D eigenvalue weighted by Crippen LogP contribution is 2.46. The first-order valence-electron chi connectivity index (χ1n) is 23.9. The molecule has 0 unspecified atom stereocenters. The van der Waals surface area contributed by atoms with Crippen LogP contribution in [0.5, 0.6) is 0 Å². The molecule has 0 aliphatic rings. The summed E-state index contributed by atoms with van der Waals surface area (Å²) in [6.45, 7) is 0. The van der Waals surface area contributed by atoms with Crippen LogP contribution >= 0.6 is 0 Å². The summed E-state index contributed by atoms with van der Waals surface area (Å²) >= 11 is 0. The van der Waals surface area contributed by atoms with Gasteiger partial charge < -0.3 is 4.42 Å². The van der Waals surface area contributed by atoms with Crippen molar-refractivity contribution in [2.24, 2.45) is 0 Å². The first-order chi connectivity index (χ1) is 31.5. The zero-order valence-corrected chi connectivity index (χ0v) is 26.6. The maximum Gasteiger partial charge on any atom is 0.143 e. The van der Waals surface area contributed by atoms with E-state index in [4.69, 9.17) is 16.8 Å². The molecule has 1 aromatic heterocycles. The van der Waals surface area contributed by atoms with Crippen molar-refractivity contribution in [3.05, 3.63) is 182 Å². The summed E-state index contributed by atoms with van der Waals surface area (Å²) in [7, 11) is 0. The molecule has 1 nitrogen and oxygen atoms in total. The van der Waals surface area contributed by atoms with E-state index in [-0.39, 0.29) is 32.7 Å². The van der Waals surface area contributed by atoms with Crippen molar-refractivity contribution in [1.82, 2.24) is 0 Å². The summed E-state index contributed by atoms with van der Waals surface area (Å²) in [6, 6.07) is 19.0. The quantitative estimate of drug-likeness (QED) is 0.172. The second kappa shape index (κ2) is 10.9. The Kier molecular flexibility index (Phi) is 3.70. The van der Waals surface area contributed by atoms with Gasteiger partial charge in [-0.3, -0.25) is 0 Å². The maximum atomic E-state index is 9.51. The van der Waals surface area contributed by atoms with Crippen LogP contribution in [0.1, 0.15) is 20.6 Å². The first kappa shape index (κ1) is 17.3. The van der Waals surface area contributed by atoms with Gasteiger partial charge in [-0.2, -0.15) is 0 Å². The molecule has 0 spiro atoms. The third kappa shape index (κ3) is 4.22. The minimum Gasteiger partial charge on any atom is -0.455 e. The first-order valence-corrected chi connectivity index (χ1v) is 16.4. The van der Waals surface area contributed by atoms with Crippen LogP contribution in [0, 0.1) is 0 Å². The molecule has 11 aromatic rings. The predicted octanol–water partition coefficient (Wildman–Crippen LogP) is 14.4. The average molecular weight is 662 g/mol. The predicted molar refractivity (Wildman–Crippen MR) is 218 cm³/mol. The van der Waals surface area contributed by atoms with Crippen molar-refractivity contribution < 1.29 is 25.0 Å². The number of rotatable bonds is 3. The van der Waals surface area contributed by atoms with Crippen molar-refractivity contribution in [2.45, 2.75) is 0 Å². The van der Waals surface area contributed by atoms with Crippen LogP contribution < -0.4 is 0 Å². The summed E-state index contributed by atoms with van der Waals surface area (Å²) < 4.78 is 142. The molecule has 0 amide bonds. The van der Waals surface area contributed by atoms with Gasteiger partial charge in [0.2, 0.25) is 0 Å². The summed E-state index contributed by atoms with van der Waals surface area (Å²) in [5.41, 5.74) is 2.73. The Labute approximate surface area is 315 Å². The van der Waals surface area contributed by atoms with E-state index in [9.17, 15) is 8.22 Å². The van der Waals surface area contributed by atoms with Crippen LogP contribution in [-0.4, -0.2) is 0 Å². The van der Waals surface area contributed by atoms with Gasteiger partial charge in [-0.15, -0.1) is 0 Å². The van der Waals surface area contributed by atoms with E-state index in [0.717, 1.165) is 38.3 Å². The van der Waals surface area contributed by atoms with Crippen molar-refractivity contribution in [1.29, 1.82) is 0 Å². The largest absolute Gasteiger partial charge is 0.455 e. The topological polar surface area (TPSA) is 13.1 Å². The van der Waals surface area contributed by atoms with Gasteiger partial charge in [0, 0.05) is 16.2 Å². The van der Waals surface area contributed by atoms with Crippen molar-refractivity contribution in [2.75, 3.05) is 0 Å². The smallest absolute Gasteiger partial charge is 0.143 e. The molecule has 1 heterocycles. The van der Waals surface area contributed by atoms with E-state index in [1.54, 1.807) is 12.1 Å². The molecular weight excluding hydrogens is 617 g/mol. The van der Waals surface area contributed by atoms with Gasteiger partial charge in [-0.05, 0) is 106 Å². The third-order valence-corrected chi connectivity index (χ3v) is 9.72. The Morgan fingerprint density at radius 2 is 1.06 bits per heavy atom. The highest BCUT2D eigenvalue weighted by atomic mass is 16.3. The van der Waals surface area contributed by atoms with Gasteiger partial charge >= 0.3 is 0 Å². The molecule has 0 aliphatic carbocycles. The molecule has 0 fully saturated rings. The standard InChI is InChI=1S/C50H30O/c1-2-13-33-29-36(24-23-31(33)11-1)47-41-16-5-7-18-43(41)48(44-19-8-6-17-42(44)47)40-21-9-14-34-30-35(26-27-37(34)40)38-20-10-22-46-49(38)45-28-25-32-12-3-4-15-39(32)50(45)51-46/h1-30H/i1D,2D,5D,6D,7D,8D,11D,13D,16D,17D,18D,19D,23D,24D,29D. The summed E-state index contributed by atoms with van der Waals surface area (Å²) in [5, 5.41) is 3.36. The fourth-order valence-electron chi connectivity index (χ4n) is 7.51. The summed E-state index contributed by atoms with van der Waals surface area (Å²) in [5.74, 6) is 0. The lowest BCUT2D eigenvalue weighted by atomic mass is 9.84. The van der Waals surface area contributed by atoms with Crippen molar-refractivity contribution >= 4 is 75.8 Å². The third-order valence-electron chi connectivity index (χ3n) is 9.72. The van der Waals surface area contributed by atoms with Crippen LogP contribution in [0.25, 0.3) is 109 Å². The Morgan fingerprint density at radius 1 is 0.392 bits per heavy atom. The molecule has 0 saturated heterocycles. The molecule has 0 saturated carbocycles. The Balaban J connectivity index is 1.28. The highest BCUT2D eigenvalue weighted by molar-refractivity contribution is 6.24. The highest BCUT2D eigenvalue weighted by Gasteiger charge is 2.19. The molecule has 0 atom stereocenters. The van der Waals surface area contributed by atoms with Gasteiger partial charge in [-0.25, -0.2) is 0 Å². The SMILES string of the molecule is [2H]c1c([2H])c([2H])c2c([2H])c(-c3c4c([2H])c([2H])c([2H])c([2H])c4c(-c4cccc5cc(-c6cccc7oc8c9ccccc9ccc8c67)ccc45)c4c([2H])c([2H])c([2H])c([2H])c34)c([2H])c([2H])c2c1[2H]. The molecular formula is C50H30O. The second-order valence-electron chi connectivity index (χ2n) is 12.4. The summed E-state index contributed by atoms with van der Waals surface area (Å²) in [4.78, 5) is 0. The molecule has 51 heavy (non-hydrogen) atoms. The van der Waals surface area contributed by atoms with E-state index >= 15 is 0 Å². The average Bonchev–Trinajstić information content (AvgIpc) is 3.72. The Morgan fingerprint density at radius 3 is 1.88 bits per heavy atom. The fourth-order valence-corrected chi connectivity index (χ4v) is 7.51. The molecule has 236 valence electrons. The van der Waals surface area contributed by atoms with E-state index in [1.807, 2.05) is 72.8 Å². The zero-order valence-electron chi connectivity index (χ0n) is 41.6. The molecule has 1 heteroatoms. The Bertz CT molecular complexity index is 3980. The van der Waals surface area contributed by atoms with Crippen LogP contribution in [0.2, 0.25) is 0 Å². The lowest BCUT2D eigenvalue weighted by molar-refractivity contribution is 0.673. The minimum atomic E-state index is -0.737. The number of hydrogen-bond donors (Lipinski definition) is 0. The normalized spacial score (nSPS) is 16.0. The molecule has 11 rings (SSSR count). The molecule has 0 radical (unpaired) electrons. The number of hydrogen-bond acceptors (Lipinski definition) is 1. The molecule has 0 N–H and O–H groups in total. The van der Waals surface area contributed by atoms with Gasteiger partial charge in [0.15, 0.2) is 0 Å². The van der Waals surface area contributed by atoms with E-state index in [1.165, 1.54) is 0 Å². The van der Waals surface area contributed by atoms with Crippen LogP contribution in [0.3, 0.4) is 0 Å². The lowest BCUT2D eigenvalue weighted by Crippen LogP contribution is -1.92. The number of furan rings is 1. The monoisotopic (exact) mass is 661 g/mol. The van der Waals surface area contributed by atoms with E-state index < -0.39 is 107 Å². The minimum absolute atomic E-state index is 0.0442. The zero-order chi connectivity index (χ0) is 46.5. The molecule has 0 bridgehead atoms. The molecule has 0 aliphatic heterocycles. The maximum absolute atomic E-state index is 9.51. The number of benzene rings is 10. The van der Waals surface area contributed by atoms with Crippen LogP contribution in [0.4, 0.5) is 0 Å². The van der Waals surface area contributed by atoms with E-state index in [0.29, 0.717) is 21.9 Å². The fraction of sp³-hybridized carbons (Fsp3) is 0. The van der Waals surface area contributed by atoms with Gasteiger partial charge in [0.1, 0.15) is 11.2 Å². The second-order valence-corrected chi connectivity index (χ2v) is 12.4. The van der Waals surface area contributed by atoms with Gasteiger partial charge in [0.25, 0.3) is 0 Å². The van der Waals surface area contributed by atoms with Gasteiger partial charge in [0.05, 0.1) is 20.6 Å².